The summed E-state index contributed by atoms with van der Waals surface area (Å²) in [5.74, 6) is 0.386. The lowest BCUT2D eigenvalue weighted by Crippen LogP contribution is -2.22. The Morgan fingerprint density at radius 1 is 1.14 bits per heavy atom. The number of methoxy groups -OCH3 is 2. The van der Waals surface area contributed by atoms with Crippen LogP contribution >= 0.6 is 11.3 Å². The van der Waals surface area contributed by atoms with Gasteiger partial charge in [0.1, 0.15) is 23.7 Å². The predicted octanol–water partition coefficient (Wildman–Crippen LogP) is 3.84. The second-order valence-electron chi connectivity index (χ2n) is 6.06. The number of ether oxygens (including phenoxy) is 3. The Morgan fingerprint density at radius 3 is 2.61 bits per heavy atom. The van der Waals surface area contributed by atoms with Gasteiger partial charge in [-0.05, 0) is 38.1 Å². The van der Waals surface area contributed by atoms with Crippen LogP contribution in [0.5, 0.6) is 11.5 Å². The number of carbonyl (C=O) groups excluding carboxylic acids is 2. The van der Waals surface area contributed by atoms with Crippen molar-refractivity contribution in [2.24, 2.45) is 0 Å². The van der Waals surface area contributed by atoms with E-state index in [0.29, 0.717) is 22.9 Å². The number of aromatic nitrogens is 1. The Kier molecular flexibility index (Phi) is 5.89. The maximum atomic E-state index is 12.7. The van der Waals surface area contributed by atoms with Crippen molar-refractivity contribution in [3.63, 3.8) is 0 Å². The molecule has 0 bridgehead atoms. The Morgan fingerprint density at radius 2 is 1.93 bits per heavy atom. The zero-order valence-corrected chi connectivity index (χ0v) is 17.0. The van der Waals surface area contributed by atoms with Crippen LogP contribution in [-0.4, -0.2) is 37.3 Å². The lowest BCUT2D eigenvalue weighted by Gasteiger charge is -2.13. The Bertz CT molecular complexity index is 1020. The molecule has 1 aromatic carbocycles. The molecule has 8 heteroatoms. The number of hydrogen-bond donors (Lipinski definition) is 1. The number of esters is 1. The average molecular weight is 402 g/mol. The van der Waals surface area contributed by atoms with Gasteiger partial charge in [-0.3, -0.25) is 4.79 Å². The molecule has 0 spiro atoms. The highest BCUT2D eigenvalue weighted by Gasteiger charge is 2.20. The molecule has 0 fully saturated rings. The van der Waals surface area contributed by atoms with Crippen molar-refractivity contribution in [3.8, 4) is 11.5 Å². The molecule has 0 unspecified atom stereocenters. The number of anilines is 1. The van der Waals surface area contributed by atoms with Gasteiger partial charge in [0.05, 0.1) is 36.7 Å². The van der Waals surface area contributed by atoms with Crippen LogP contribution < -0.4 is 14.8 Å². The number of carbonyl (C=O) groups is 2. The molecule has 0 saturated carbocycles. The van der Waals surface area contributed by atoms with E-state index >= 15 is 0 Å². The first kappa shape index (κ1) is 19.8. The average Bonchev–Trinajstić information content (AvgIpc) is 3.19. The lowest BCUT2D eigenvalue weighted by molar-refractivity contribution is -0.116. The summed E-state index contributed by atoms with van der Waals surface area (Å²) in [5.41, 5.74) is 1.72. The Hall–Kier alpha value is -3.00. The van der Waals surface area contributed by atoms with Gasteiger partial charge in [-0.2, -0.15) is 0 Å². The fourth-order valence-corrected chi connectivity index (χ4v) is 3.91. The molecule has 1 amide bonds. The van der Waals surface area contributed by atoms with Gasteiger partial charge in [0.2, 0.25) is 5.91 Å². The van der Waals surface area contributed by atoms with Gasteiger partial charge in [-0.15, -0.1) is 11.3 Å². The molecule has 28 heavy (non-hydrogen) atoms. The van der Waals surface area contributed by atoms with E-state index in [1.807, 2.05) is 13.0 Å². The van der Waals surface area contributed by atoms with Gasteiger partial charge in [0, 0.05) is 10.9 Å². The number of amides is 1. The van der Waals surface area contributed by atoms with Crippen LogP contribution in [0.25, 0.3) is 10.2 Å². The summed E-state index contributed by atoms with van der Waals surface area (Å²) in [4.78, 5) is 26.1. The third kappa shape index (κ3) is 3.96. The monoisotopic (exact) mass is 402 g/mol. The number of rotatable bonds is 7. The minimum Gasteiger partial charge on any atom is -0.497 e. The summed E-state index contributed by atoms with van der Waals surface area (Å²) in [7, 11) is 3.08. The molecule has 0 radical (unpaired) electrons. The molecular formula is C20H22N2O5S. The van der Waals surface area contributed by atoms with Crippen LogP contribution in [0.1, 0.15) is 22.3 Å². The van der Waals surface area contributed by atoms with Crippen LogP contribution in [0, 0.1) is 6.92 Å². The van der Waals surface area contributed by atoms with Crippen LogP contribution in [0.15, 0.2) is 30.3 Å². The molecular weight excluding hydrogens is 380 g/mol. The smallest absolute Gasteiger partial charge is 0.355 e. The summed E-state index contributed by atoms with van der Waals surface area (Å²) >= 11 is 1.57. The van der Waals surface area contributed by atoms with E-state index in [-0.39, 0.29) is 19.1 Å². The van der Waals surface area contributed by atoms with Crippen molar-refractivity contribution in [2.75, 3.05) is 26.1 Å². The molecule has 2 heterocycles. The first-order valence-corrected chi connectivity index (χ1v) is 9.57. The minimum absolute atomic E-state index is 0.0248. The lowest BCUT2D eigenvalue weighted by atomic mass is 10.2. The van der Waals surface area contributed by atoms with Gasteiger partial charge in [-0.1, -0.05) is 0 Å². The standard InChI is InChI=1S/C20H22N2O5S/c1-5-27-20(24)16-10-18-15(8-12(2)28-18)22(16)11-19(23)21-14-7-6-13(25-3)9-17(14)26-4/h6-10H,5,11H2,1-4H3,(H,21,23). The fraction of sp³-hybridized carbons (Fsp3) is 0.300. The Balaban J connectivity index is 1.88. The van der Waals surface area contributed by atoms with E-state index < -0.39 is 5.97 Å². The fourth-order valence-electron chi connectivity index (χ4n) is 2.94. The van der Waals surface area contributed by atoms with Gasteiger partial charge in [-0.25, -0.2) is 4.79 Å². The van der Waals surface area contributed by atoms with Crippen molar-refractivity contribution < 1.29 is 23.8 Å². The first-order chi connectivity index (χ1) is 13.5. The van der Waals surface area contributed by atoms with Gasteiger partial charge in [0.25, 0.3) is 0 Å². The summed E-state index contributed by atoms with van der Waals surface area (Å²) < 4.78 is 18.2. The molecule has 7 nitrogen and oxygen atoms in total. The molecule has 3 rings (SSSR count). The second kappa shape index (κ2) is 8.35. The molecule has 0 aliphatic heterocycles. The number of benzene rings is 1. The zero-order chi connectivity index (χ0) is 20.3. The summed E-state index contributed by atoms with van der Waals surface area (Å²) in [6, 6.07) is 8.87. The molecule has 0 aliphatic carbocycles. The molecule has 0 aliphatic rings. The largest absolute Gasteiger partial charge is 0.497 e. The SMILES string of the molecule is CCOC(=O)c1cc2sc(C)cc2n1CC(=O)Nc1ccc(OC)cc1OC. The van der Waals surface area contributed by atoms with Crippen molar-refractivity contribution in [1.29, 1.82) is 0 Å². The predicted molar refractivity (Wildman–Crippen MR) is 109 cm³/mol. The van der Waals surface area contributed by atoms with E-state index in [1.165, 1.54) is 7.11 Å². The van der Waals surface area contributed by atoms with Crippen molar-refractivity contribution in [2.45, 2.75) is 20.4 Å². The van der Waals surface area contributed by atoms with E-state index in [4.69, 9.17) is 14.2 Å². The van der Waals surface area contributed by atoms with Crippen molar-refractivity contribution >= 4 is 39.1 Å². The van der Waals surface area contributed by atoms with Crippen molar-refractivity contribution in [1.82, 2.24) is 4.57 Å². The topological polar surface area (TPSA) is 78.8 Å². The van der Waals surface area contributed by atoms with E-state index in [9.17, 15) is 9.59 Å². The van der Waals surface area contributed by atoms with Crippen LogP contribution in [-0.2, 0) is 16.1 Å². The quantitative estimate of drug-likeness (QED) is 0.608. The maximum Gasteiger partial charge on any atom is 0.355 e. The molecule has 3 aromatic rings. The number of thiophene rings is 1. The number of aryl methyl sites for hydroxylation is 1. The molecule has 0 atom stereocenters. The number of nitrogens with zero attached hydrogens (tertiary/aromatic N) is 1. The minimum atomic E-state index is -0.446. The highest BCUT2D eigenvalue weighted by Crippen LogP contribution is 2.31. The van der Waals surface area contributed by atoms with Crippen LogP contribution in [0.2, 0.25) is 0 Å². The van der Waals surface area contributed by atoms with Crippen molar-refractivity contribution in [3.05, 3.63) is 40.9 Å². The van der Waals surface area contributed by atoms with E-state index in [2.05, 4.69) is 5.32 Å². The van der Waals surface area contributed by atoms with Crippen LogP contribution in [0.4, 0.5) is 5.69 Å². The van der Waals surface area contributed by atoms with E-state index in [0.717, 1.165) is 15.1 Å². The summed E-state index contributed by atoms with van der Waals surface area (Å²) in [6.07, 6.45) is 0. The summed E-state index contributed by atoms with van der Waals surface area (Å²) in [5, 5.41) is 2.83. The van der Waals surface area contributed by atoms with Gasteiger partial charge < -0.3 is 24.1 Å². The molecule has 148 valence electrons. The molecule has 1 N–H and O–H groups in total. The molecule has 2 aromatic heterocycles. The third-order valence-corrected chi connectivity index (χ3v) is 5.17. The van der Waals surface area contributed by atoms with Gasteiger partial charge >= 0.3 is 5.97 Å². The maximum absolute atomic E-state index is 12.7. The Labute approximate surface area is 166 Å². The zero-order valence-electron chi connectivity index (χ0n) is 16.2. The second-order valence-corrected chi connectivity index (χ2v) is 7.35. The highest BCUT2D eigenvalue weighted by atomic mass is 32.1. The van der Waals surface area contributed by atoms with E-state index in [1.54, 1.807) is 54.2 Å². The normalized spacial score (nSPS) is 10.7. The number of hydrogen-bond acceptors (Lipinski definition) is 6. The summed E-state index contributed by atoms with van der Waals surface area (Å²) in [6.45, 7) is 3.98. The highest BCUT2D eigenvalue weighted by molar-refractivity contribution is 7.19. The van der Waals surface area contributed by atoms with Crippen LogP contribution in [0.3, 0.4) is 0 Å². The first-order valence-electron chi connectivity index (χ1n) is 8.75. The number of nitrogens with one attached hydrogen (secondary N) is 1. The third-order valence-electron chi connectivity index (χ3n) is 4.18. The molecule has 0 saturated heterocycles. The van der Waals surface area contributed by atoms with Gasteiger partial charge in [0.15, 0.2) is 0 Å². The number of fused-ring (bicyclic) bond motifs is 1.